The van der Waals surface area contributed by atoms with Crippen molar-refractivity contribution in [3.8, 4) is 0 Å². The van der Waals surface area contributed by atoms with Crippen LogP contribution in [0.4, 0.5) is 5.69 Å². The van der Waals surface area contributed by atoms with Crippen LogP contribution in [0, 0.1) is 6.92 Å². The smallest absolute Gasteiger partial charge is 0.254 e. The van der Waals surface area contributed by atoms with Gasteiger partial charge in [0, 0.05) is 62.9 Å². The second kappa shape index (κ2) is 15.4. The summed E-state index contributed by atoms with van der Waals surface area (Å²) in [7, 11) is 3.75. The molecule has 3 atom stereocenters. The zero-order valence-corrected chi connectivity index (χ0v) is 27.9. The zero-order chi connectivity index (χ0) is 33.5. The molecule has 0 radical (unpaired) electrons. The third-order valence-electron chi connectivity index (χ3n) is 8.62. The summed E-state index contributed by atoms with van der Waals surface area (Å²) < 4.78 is 5.66. The first-order valence-corrected chi connectivity index (χ1v) is 16.3. The van der Waals surface area contributed by atoms with Crippen LogP contribution in [0.3, 0.4) is 0 Å². The second-order valence-corrected chi connectivity index (χ2v) is 12.9. The predicted molar refractivity (Wildman–Crippen MR) is 182 cm³/mol. The van der Waals surface area contributed by atoms with Gasteiger partial charge >= 0.3 is 0 Å². The first kappa shape index (κ1) is 33.8. The van der Waals surface area contributed by atoms with Gasteiger partial charge in [0.05, 0.1) is 17.8 Å². The molecule has 2 amide bonds. The number of benzene rings is 2. The Kier molecular flexibility index (Phi) is 11.1. The van der Waals surface area contributed by atoms with Crippen LogP contribution in [0.25, 0.3) is 0 Å². The monoisotopic (exact) mass is 638 g/mol. The number of amides is 2. The Morgan fingerprint density at radius 1 is 1.06 bits per heavy atom. The number of pyridine rings is 1. The maximum Gasteiger partial charge on any atom is 0.254 e. The minimum atomic E-state index is -0.881. The molecule has 47 heavy (non-hydrogen) atoms. The molecule has 1 aliphatic rings. The average Bonchev–Trinajstić information content (AvgIpc) is 3.73. The van der Waals surface area contributed by atoms with Gasteiger partial charge in [-0.05, 0) is 67.0 Å². The molecule has 4 aromatic rings. The first-order chi connectivity index (χ1) is 22.6. The number of aryl methyl sites for hydroxylation is 1. The summed E-state index contributed by atoms with van der Waals surface area (Å²) in [6, 6.07) is 16.3. The van der Waals surface area contributed by atoms with Gasteiger partial charge in [0.15, 0.2) is 0 Å². The lowest BCUT2D eigenvalue weighted by Gasteiger charge is -2.26. The molecule has 248 valence electrons. The third-order valence-corrected chi connectivity index (χ3v) is 8.62. The topological polar surface area (TPSA) is 124 Å². The molecule has 1 fully saturated rings. The van der Waals surface area contributed by atoms with Gasteiger partial charge in [-0.2, -0.15) is 0 Å². The molecule has 3 N–H and O–H groups in total. The van der Waals surface area contributed by atoms with E-state index in [0.29, 0.717) is 42.4 Å². The molecule has 0 spiro atoms. The fourth-order valence-electron chi connectivity index (χ4n) is 5.91. The molecule has 10 nitrogen and oxygen atoms in total. The van der Waals surface area contributed by atoms with Crippen molar-refractivity contribution in [3.05, 3.63) is 113 Å². The molecular formula is C37H46N6O4. The third kappa shape index (κ3) is 8.64. The highest BCUT2D eigenvalue weighted by Gasteiger charge is 2.34. The number of carbonyl (C=O) groups excluding carboxylic acids is 2. The summed E-state index contributed by atoms with van der Waals surface area (Å²) in [6.07, 6.45) is 6.45. The van der Waals surface area contributed by atoms with E-state index in [1.165, 1.54) is 0 Å². The van der Waals surface area contributed by atoms with Crippen LogP contribution in [-0.4, -0.2) is 71.1 Å². The Labute approximate surface area is 277 Å². The molecular weight excluding hydrogens is 592 g/mol. The summed E-state index contributed by atoms with van der Waals surface area (Å²) in [4.78, 5) is 40.3. The number of aromatic nitrogens is 2. The van der Waals surface area contributed by atoms with Crippen LogP contribution in [0.1, 0.15) is 87.6 Å². The molecule has 1 aliphatic heterocycles. The van der Waals surface area contributed by atoms with E-state index >= 15 is 0 Å². The largest absolute Gasteiger partial charge is 0.446 e. The van der Waals surface area contributed by atoms with Gasteiger partial charge in [-0.1, -0.05) is 50.2 Å². The Hall–Kier alpha value is -4.54. The summed E-state index contributed by atoms with van der Waals surface area (Å²) in [5.41, 5.74) is 5.43. The van der Waals surface area contributed by atoms with Crippen molar-refractivity contribution in [2.24, 2.45) is 0 Å². The predicted octanol–water partition coefficient (Wildman–Crippen LogP) is 5.04. The lowest BCUT2D eigenvalue weighted by atomic mass is 9.99. The van der Waals surface area contributed by atoms with Gasteiger partial charge in [0.2, 0.25) is 5.89 Å². The van der Waals surface area contributed by atoms with Crippen molar-refractivity contribution < 1.29 is 19.1 Å². The van der Waals surface area contributed by atoms with E-state index < -0.39 is 12.1 Å². The number of anilines is 1. The summed E-state index contributed by atoms with van der Waals surface area (Å²) in [5.74, 6) is 0.361. The highest BCUT2D eigenvalue weighted by Crippen LogP contribution is 2.33. The fourth-order valence-corrected chi connectivity index (χ4v) is 5.91. The number of rotatable bonds is 13. The molecule has 0 unspecified atom stereocenters. The van der Waals surface area contributed by atoms with E-state index in [9.17, 15) is 14.7 Å². The van der Waals surface area contributed by atoms with Crippen molar-refractivity contribution in [1.82, 2.24) is 25.5 Å². The molecule has 2 aromatic heterocycles. The Morgan fingerprint density at radius 3 is 2.53 bits per heavy atom. The zero-order valence-electron chi connectivity index (χ0n) is 27.9. The number of carbonyl (C=O) groups is 2. The lowest BCUT2D eigenvalue weighted by Crippen LogP contribution is -2.48. The molecule has 3 heterocycles. The molecule has 2 aromatic carbocycles. The standard InChI is InChI=1S/C37H46N6O4/c1-24(2)30-14-27(19-38-21-30)20-39-22-34(44)32(15-26-10-7-6-8-11-26)41-35(45)28-16-29(18-31(17-28)42(4)5)37(46)43-13-9-12-33(43)36-40-25(3)23-47-36/h6-8,10-11,14,16-19,21,23-24,32-34,39,44H,9,12-13,15,20,22H2,1-5H3,(H,41,45)/t32-,33+,34+/m0/s1. The number of likely N-dealkylation sites (tertiary alicyclic amines) is 1. The number of aliphatic hydroxyl groups is 1. The normalized spacial score (nSPS) is 15.9. The van der Waals surface area contributed by atoms with Crippen LogP contribution < -0.4 is 15.5 Å². The molecule has 5 rings (SSSR count). The van der Waals surface area contributed by atoms with Crippen LogP contribution in [0.5, 0.6) is 0 Å². The summed E-state index contributed by atoms with van der Waals surface area (Å²) in [5, 5.41) is 17.8. The van der Waals surface area contributed by atoms with E-state index in [4.69, 9.17) is 4.42 Å². The highest BCUT2D eigenvalue weighted by molar-refractivity contribution is 6.01. The van der Waals surface area contributed by atoms with E-state index in [0.717, 1.165) is 40.9 Å². The van der Waals surface area contributed by atoms with Crippen LogP contribution >= 0.6 is 0 Å². The molecule has 0 aliphatic carbocycles. The molecule has 1 saturated heterocycles. The molecule has 0 saturated carbocycles. The Bertz CT molecular complexity index is 1650. The van der Waals surface area contributed by atoms with Crippen molar-refractivity contribution in [1.29, 1.82) is 0 Å². The van der Waals surface area contributed by atoms with Gasteiger partial charge in [0.25, 0.3) is 11.8 Å². The number of oxazole rings is 1. The number of nitrogens with zero attached hydrogens (tertiary/aromatic N) is 4. The van der Waals surface area contributed by atoms with Crippen molar-refractivity contribution >= 4 is 17.5 Å². The minimum absolute atomic E-state index is 0.179. The second-order valence-electron chi connectivity index (χ2n) is 12.9. The highest BCUT2D eigenvalue weighted by atomic mass is 16.3. The SMILES string of the molecule is Cc1coc([C@H]2CCCN2C(=O)c2cc(C(=O)N[C@@H](Cc3ccccc3)[C@H](O)CNCc3cncc(C(C)C)c3)cc(N(C)C)c2)n1. The number of aliphatic hydroxyl groups excluding tert-OH is 1. The maximum atomic E-state index is 13.9. The van der Waals surface area contributed by atoms with Gasteiger partial charge in [-0.15, -0.1) is 0 Å². The fraction of sp³-hybridized carbons (Fsp3) is 0.405. The lowest BCUT2D eigenvalue weighted by molar-refractivity contribution is 0.0715. The van der Waals surface area contributed by atoms with E-state index in [2.05, 4.69) is 40.5 Å². The average molecular weight is 639 g/mol. The summed E-state index contributed by atoms with van der Waals surface area (Å²) >= 11 is 0. The van der Waals surface area contributed by atoms with E-state index in [-0.39, 0.29) is 24.4 Å². The number of hydrogen-bond acceptors (Lipinski definition) is 8. The molecule has 0 bridgehead atoms. The minimum Gasteiger partial charge on any atom is -0.446 e. The van der Waals surface area contributed by atoms with Gasteiger partial charge in [-0.25, -0.2) is 4.98 Å². The van der Waals surface area contributed by atoms with Crippen molar-refractivity contribution in [2.45, 2.75) is 70.7 Å². The van der Waals surface area contributed by atoms with Crippen molar-refractivity contribution in [3.63, 3.8) is 0 Å². The Balaban J connectivity index is 1.34. The van der Waals surface area contributed by atoms with E-state index in [1.807, 2.05) is 68.6 Å². The summed E-state index contributed by atoms with van der Waals surface area (Å²) in [6.45, 7) is 7.50. The number of hydrogen-bond donors (Lipinski definition) is 3. The molecule has 10 heteroatoms. The van der Waals surface area contributed by atoms with Crippen LogP contribution in [0.15, 0.2) is 77.7 Å². The quantitative estimate of drug-likeness (QED) is 0.186. The van der Waals surface area contributed by atoms with Crippen LogP contribution in [0.2, 0.25) is 0 Å². The van der Waals surface area contributed by atoms with Crippen LogP contribution in [-0.2, 0) is 13.0 Å². The van der Waals surface area contributed by atoms with Crippen molar-refractivity contribution in [2.75, 3.05) is 32.1 Å². The Morgan fingerprint density at radius 2 is 1.83 bits per heavy atom. The van der Waals surface area contributed by atoms with Gasteiger partial charge in [-0.3, -0.25) is 14.6 Å². The van der Waals surface area contributed by atoms with Gasteiger partial charge in [0.1, 0.15) is 12.3 Å². The maximum absolute atomic E-state index is 13.9. The van der Waals surface area contributed by atoms with Gasteiger partial charge < -0.3 is 30.0 Å². The van der Waals surface area contributed by atoms with E-state index in [1.54, 1.807) is 29.4 Å². The number of nitrogens with one attached hydrogen (secondary N) is 2. The first-order valence-electron chi connectivity index (χ1n) is 16.3.